The molecule has 0 spiro atoms. The van der Waals surface area contributed by atoms with Crippen LogP contribution in [-0.4, -0.2) is 30.4 Å². The summed E-state index contributed by atoms with van der Waals surface area (Å²) in [5.74, 6) is -2.47. The van der Waals surface area contributed by atoms with Gasteiger partial charge in [-0.3, -0.25) is 14.9 Å². The van der Waals surface area contributed by atoms with E-state index in [2.05, 4.69) is 4.74 Å². The van der Waals surface area contributed by atoms with Crippen molar-refractivity contribution in [1.82, 2.24) is 0 Å². The average molecular weight is 371 g/mol. The molecule has 0 aliphatic carbocycles. The highest BCUT2D eigenvalue weighted by Gasteiger charge is 2.75. The van der Waals surface area contributed by atoms with E-state index in [-0.39, 0.29) is 11.3 Å². The molecule has 11 heteroatoms. The first-order chi connectivity index (χ1) is 11.4. The molecule has 0 saturated carbocycles. The van der Waals surface area contributed by atoms with Gasteiger partial charge in [0.1, 0.15) is 0 Å². The third-order valence-corrected chi connectivity index (χ3v) is 3.34. The van der Waals surface area contributed by atoms with Crippen molar-refractivity contribution in [3.05, 3.63) is 46.0 Å². The van der Waals surface area contributed by atoms with E-state index in [1.807, 2.05) is 0 Å². The van der Waals surface area contributed by atoms with E-state index in [1.165, 1.54) is 0 Å². The minimum absolute atomic E-state index is 0.119. The van der Waals surface area contributed by atoms with Crippen molar-refractivity contribution in [1.29, 1.82) is 0 Å². The number of carbonyl (C=O) groups is 1. The molecule has 0 fully saturated rings. The number of nitrogens with zero attached hydrogens (tertiary/aromatic N) is 1. The zero-order chi connectivity index (χ0) is 19.5. The van der Waals surface area contributed by atoms with Crippen molar-refractivity contribution >= 4 is 17.7 Å². The van der Waals surface area contributed by atoms with Crippen LogP contribution in [0.4, 0.5) is 32.0 Å². The van der Waals surface area contributed by atoms with Crippen molar-refractivity contribution in [2.75, 3.05) is 7.11 Å². The number of non-ortho nitro benzene ring substituents is 1. The van der Waals surface area contributed by atoms with Crippen molar-refractivity contribution in [3.63, 3.8) is 0 Å². The number of nitro benzene ring substituents is 1. The van der Waals surface area contributed by atoms with Crippen LogP contribution in [0.3, 0.4) is 0 Å². The van der Waals surface area contributed by atoms with Gasteiger partial charge in [0.2, 0.25) is 0 Å². The Labute approximate surface area is 137 Å². The Bertz CT molecular complexity index is 649. The normalized spacial score (nSPS) is 13.1. The molecule has 138 valence electrons. The number of nitro groups is 1. The zero-order valence-electron chi connectivity index (χ0n) is 12.5. The highest BCUT2D eigenvalue weighted by molar-refractivity contribution is 5.79. The number of alkyl halides is 6. The van der Waals surface area contributed by atoms with E-state index in [9.17, 15) is 41.3 Å². The predicted octanol–water partition coefficient (Wildman–Crippen LogP) is 4.28. The number of rotatable bonds is 5. The van der Waals surface area contributed by atoms with Crippen molar-refractivity contribution in [2.24, 2.45) is 5.41 Å². The van der Waals surface area contributed by atoms with Crippen LogP contribution in [0.25, 0.3) is 6.08 Å². The van der Waals surface area contributed by atoms with Gasteiger partial charge in [-0.1, -0.05) is 12.2 Å². The highest BCUT2D eigenvalue weighted by atomic mass is 19.4. The summed E-state index contributed by atoms with van der Waals surface area (Å²) in [6.45, 7) is 0. The average Bonchev–Trinajstić information content (AvgIpc) is 2.48. The van der Waals surface area contributed by atoms with E-state index in [1.54, 1.807) is 0 Å². The van der Waals surface area contributed by atoms with E-state index < -0.39 is 35.1 Å². The molecule has 0 aliphatic heterocycles. The summed E-state index contributed by atoms with van der Waals surface area (Å²) < 4.78 is 82.0. The van der Waals surface area contributed by atoms with Crippen LogP contribution >= 0.6 is 0 Å². The van der Waals surface area contributed by atoms with Gasteiger partial charge in [0.25, 0.3) is 11.1 Å². The monoisotopic (exact) mass is 371 g/mol. The van der Waals surface area contributed by atoms with E-state index >= 15 is 0 Å². The Hall–Kier alpha value is -2.59. The SMILES string of the molecule is COC(=O)C(C/C=C\c1ccc([N+](=O)[O-])cc1)(C(F)(F)F)C(F)(F)F. The topological polar surface area (TPSA) is 69.4 Å². The van der Waals surface area contributed by atoms with E-state index in [0.29, 0.717) is 13.2 Å². The van der Waals surface area contributed by atoms with Gasteiger partial charge in [0, 0.05) is 12.1 Å². The van der Waals surface area contributed by atoms with Gasteiger partial charge in [-0.05, 0) is 24.1 Å². The number of allylic oxidation sites excluding steroid dienone is 1. The first-order valence-corrected chi connectivity index (χ1v) is 6.49. The Morgan fingerprint density at radius 2 is 1.60 bits per heavy atom. The molecule has 1 aromatic rings. The number of methoxy groups -OCH3 is 1. The zero-order valence-corrected chi connectivity index (χ0v) is 12.5. The molecule has 0 saturated heterocycles. The van der Waals surface area contributed by atoms with Crippen LogP contribution in [0.1, 0.15) is 12.0 Å². The fourth-order valence-electron chi connectivity index (χ4n) is 1.96. The Balaban J connectivity index is 3.18. The molecule has 0 radical (unpaired) electrons. The summed E-state index contributed by atoms with van der Waals surface area (Å²) in [5.41, 5.74) is -4.88. The smallest absolute Gasteiger partial charge is 0.414 e. The highest BCUT2D eigenvalue weighted by Crippen LogP contribution is 2.53. The number of halogens is 6. The van der Waals surface area contributed by atoms with Crippen LogP contribution in [0.2, 0.25) is 0 Å². The molecule has 0 heterocycles. The number of benzene rings is 1. The second-order valence-electron chi connectivity index (χ2n) is 4.85. The molecule has 0 unspecified atom stereocenters. The quantitative estimate of drug-likeness (QED) is 0.335. The first kappa shape index (κ1) is 20.5. The largest absolute Gasteiger partial charge is 0.468 e. The van der Waals surface area contributed by atoms with Gasteiger partial charge in [-0.25, -0.2) is 0 Å². The number of esters is 1. The number of hydrogen-bond acceptors (Lipinski definition) is 4. The van der Waals surface area contributed by atoms with Gasteiger partial charge >= 0.3 is 18.3 Å². The fraction of sp³-hybridized carbons (Fsp3) is 0.357. The summed E-state index contributed by atoms with van der Waals surface area (Å²) in [7, 11) is 0.425. The van der Waals surface area contributed by atoms with Crippen LogP contribution in [0.15, 0.2) is 30.3 Å². The summed E-state index contributed by atoms with van der Waals surface area (Å²) in [4.78, 5) is 21.1. The molecule has 0 amide bonds. The first-order valence-electron chi connectivity index (χ1n) is 6.49. The third kappa shape index (κ3) is 4.09. The van der Waals surface area contributed by atoms with Crippen LogP contribution in [0, 0.1) is 15.5 Å². The maximum absolute atomic E-state index is 13.0. The van der Waals surface area contributed by atoms with Gasteiger partial charge in [-0.2, -0.15) is 26.3 Å². The summed E-state index contributed by atoms with van der Waals surface area (Å²) >= 11 is 0. The van der Waals surface area contributed by atoms with Gasteiger partial charge in [0.05, 0.1) is 12.0 Å². The third-order valence-electron chi connectivity index (χ3n) is 3.34. The molecule has 1 rings (SSSR count). The standard InChI is InChI=1S/C14H11F6NO4/c1-25-11(22)12(13(15,16)17,14(18,19)20)8-2-3-9-4-6-10(7-5-9)21(23)24/h2-7H,8H2,1H3/b3-2-. The molecular formula is C14H11F6NO4. The number of ether oxygens (including phenoxy) is 1. The van der Waals surface area contributed by atoms with Crippen molar-refractivity contribution in [2.45, 2.75) is 18.8 Å². The lowest BCUT2D eigenvalue weighted by Gasteiger charge is -2.33. The lowest BCUT2D eigenvalue weighted by Crippen LogP contribution is -2.55. The van der Waals surface area contributed by atoms with Gasteiger partial charge in [-0.15, -0.1) is 0 Å². The molecule has 0 N–H and O–H groups in total. The second-order valence-corrected chi connectivity index (χ2v) is 4.85. The molecular weight excluding hydrogens is 360 g/mol. The molecule has 0 aliphatic rings. The van der Waals surface area contributed by atoms with Crippen LogP contribution < -0.4 is 0 Å². The Morgan fingerprint density at radius 1 is 1.12 bits per heavy atom. The van der Waals surface area contributed by atoms with Crippen molar-refractivity contribution < 1.29 is 40.8 Å². The molecule has 1 aromatic carbocycles. The molecule has 0 atom stereocenters. The molecule has 0 bridgehead atoms. The van der Waals surface area contributed by atoms with Gasteiger partial charge in [0.15, 0.2) is 0 Å². The fourth-order valence-corrected chi connectivity index (χ4v) is 1.96. The number of carbonyl (C=O) groups excluding carboxylic acids is 1. The summed E-state index contributed by atoms with van der Waals surface area (Å²) in [6, 6.07) is 4.33. The summed E-state index contributed by atoms with van der Waals surface area (Å²) in [5, 5.41) is 10.5. The Morgan fingerprint density at radius 3 is 1.96 bits per heavy atom. The van der Waals surface area contributed by atoms with Crippen LogP contribution in [-0.2, 0) is 9.53 Å². The maximum Gasteiger partial charge on any atom is 0.414 e. The van der Waals surface area contributed by atoms with E-state index in [0.717, 1.165) is 30.3 Å². The minimum Gasteiger partial charge on any atom is -0.468 e. The number of hydrogen-bond donors (Lipinski definition) is 0. The lowest BCUT2D eigenvalue weighted by molar-refractivity contribution is -0.384. The summed E-state index contributed by atoms with van der Waals surface area (Å²) in [6.07, 6.45) is -12.2. The predicted molar refractivity (Wildman–Crippen MR) is 73.3 cm³/mol. The minimum atomic E-state index is -5.93. The van der Waals surface area contributed by atoms with Crippen molar-refractivity contribution in [3.8, 4) is 0 Å². The molecule has 0 aromatic heterocycles. The van der Waals surface area contributed by atoms with Crippen LogP contribution in [0.5, 0.6) is 0 Å². The maximum atomic E-state index is 13.0. The van der Waals surface area contributed by atoms with Gasteiger partial charge < -0.3 is 4.74 Å². The second kappa shape index (κ2) is 7.11. The molecule has 5 nitrogen and oxygen atoms in total. The van der Waals surface area contributed by atoms with E-state index in [4.69, 9.17) is 0 Å². The lowest BCUT2D eigenvalue weighted by atomic mass is 9.82. The molecule has 25 heavy (non-hydrogen) atoms. The Kier molecular flexibility index (Phi) is 5.82.